The standard InChI is InChI=1S/C6H12F3N3O/c1-12(3-2-10)5(13)11-4-6(7,8)9/h2-4,10H2,1H3,(H,11,13). The highest BCUT2D eigenvalue weighted by molar-refractivity contribution is 5.73. The van der Waals surface area contributed by atoms with Crippen LogP contribution < -0.4 is 11.1 Å². The minimum Gasteiger partial charge on any atom is -0.329 e. The SMILES string of the molecule is CN(CCN)C(=O)NCC(F)(F)F. The maximum Gasteiger partial charge on any atom is 0.405 e. The first-order chi connectivity index (χ1) is 5.87. The van der Waals surface area contributed by atoms with Gasteiger partial charge >= 0.3 is 12.2 Å². The number of urea groups is 1. The van der Waals surface area contributed by atoms with Crippen molar-refractivity contribution in [1.29, 1.82) is 0 Å². The van der Waals surface area contributed by atoms with E-state index in [2.05, 4.69) is 0 Å². The second kappa shape index (κ2) is 4.90. The van der Waals surface area contributed by atoms with Gasteiger partial charge in [-0.25, -0.2) is 4.79 Å². The Bertz CT molecular complexity index is 171. The molecule has 0 rings (SSSR count). The van der Waals surface area contributed by atoms with Crippen LogP contribution >= 0.6 is 0 Å². The third-order valence-electron chi connectivity index (χ3n) is 1.25. The normalized spacial score (nSPS) is 11.2. The topological polar surface area (TPSA) is 58.4 Å². The number of halogens is 3. The van der Waals surface area contributed by atoms with Gasteiger partial charge in [-0.3, -0.25) is 0 Å². The highest BCUT2D eigenvalue weighted by Gasteiger charge is 2.28. The van der Waals surface area contributed by atoms with Crippen molar-refractivity contribution in [2.75, 3.05) is 26.7 Å². The van der Waals surface area contributed by atoms with Crippen LogP contribution in [-0.2, 0) is 0 Å². The van der Waals surface area contributed by atoms with Gasteiger partial charge in [0, 0.05) is 20.1 Å². The van der Waals surface area contributed by atoms with Crippen molar-refractivity contribution in [2.24, 2.45) is 5.73 Å². The molecule has 3 N–H and O–H groups in total. The molecule has 2 amide bonds. The number of carbonyl (C=O) groups is 1. The lowest BCUT2D eigenvalue weighted by Crippen LogP contribution is -2.43. The van der Waals surface area contributed by atoms with Crippen LogP contribution in [0, 0.1) is 0 Å². The van der Waals surface area contributed by atoms with Crippen molar-refractivity contribution in [2.45, 2.75) is 6.18 Å². The summed E-state index contributed by atoms with van der Waals surface area (Å²) in [6.45, 7) is -0.875. The van der Waals surface area contributed by atoms with E-state index in [0.29, 0.717) is 0 Å². The molecule has 0 spiro atoms. The molecule has 0 aliphatic rings. The van der Waals surface area contributed by atoms with Crippen molar-refractivity contribution in [3.05, 3.63) is 0 Å². The fourth-order valence-electron chi connectivity index (χ4n) is 0.606. The Morgan fingerprint density at radius 3 is 2.46 bits per heavy atom. The van der Waals surface area contributed by atoms with E-state index in [0.717, 1.165) is 4.90 Å². The second-order valence-corrected chi connectivity index (χ2v) is 2.48. The largest absolute Gasteiger partial charge is 0.405 e. The minimum atomic E-state index is -4.38. The Hall–Kier alpha value is -0.980. The number of carbonyl (C=O) groups excluding carboxylic acids is 1. The summed E-state index contributed by atoms with van der Waals surface area (Å²) in [6.07, 6.45) is -4.38. The number of rotatable bonds is 3. The Kier molecular flexibility index (Phi) is 4.53. The molecule has 0 radical (unpaired) electrons. The molecule has 0 atom stereocenters. The highest BCUT2D eigenvalue weighted by Crippen LogP contribution is 2.12. The van der Waals surface area contributed by atoms with Gasteiger partial charge < -0.3 is 16.0 Å². The number of hydrogen-bond acceptors (Lipinski definition) is 2. The quantitative estimate of drug-likeness (QED) is 0.679. The summed E-state index contributed by atoms with van der Waals surface area (Å²) in [5, 5.41) is 1.71. The monoisotopic (exact) mass is 199 g/mol. The van der Waals surface area contributed by atoms with Gasteiger partial charge in [0.05, 0.1) is 0 Å². The van der Waals surface area contributed by atoms with Gasteiger partial charge in [0.2, 0.25) is 0 Å². The Morgan fingerprint density at radius 2 is 2.08 bits per heavy atom. The summed E-state index contributed by atoms with van der Waals surface area (Å²) in [4.78, 5) is 11.9. The summed E-state index contributed by atoms with van der Waals surface area (Å²) in [5.74, 6) is 0. The maximum atomic E-state index is 11.6. The van der Waals surface area contributed by atoms with Crippen molar-refractivity contribution >= 4 is 6.03 Å². The first-order valence-corrected chi connectivity index (χ1v) is 3.62. The van der Waals surface area contributed by atoms with Crippen molar-refractivity contribution in [1.82, 2.24) is 10.2 Å². The number of nitrogens with one attached hydrogen (secondary N) is 1. The molecule has 0 unspecified atom stereocenters. The van der Waals surface area contributed by atoms with Gasteiger partial charge in [0.1, 0.15) is 6.54 Å². The van der Waals surface area contributed by atoms with Gasteiger partial charge in [-0.1, -0.05) is 0 Å². The lowest BCUT2D eigenvalue weighted by atomic mass is 10.5. The van der Waals surface area contributed by atoms with E-state index in [1.165, 1.54) is 7.05 Å². The van der Waals surface area contributed by atoms with E-state index >= 15 is 0 Å². The number of likely N-dealkylation sites (N-methyl/N-ethyl adjacent to an activating group) is 1. The van der Waals surface area contributed by atoms with Crippen LogP contribution in [0.2, 0.25) is 0 Å². The van der Waals surface area contributed by atoms with Crippen LogP contribution in [-0.4, -0.2) is 43.8 Å². The molecule has 0 bridgehead atoms. The number of nitrogens with zero attached hydrogens (tertiary/aromatic N) is 1. The van der Waals surface area contributed by atoms with Gasteiger partial charge in [0.25, 0.3) is 0 Å². The molecule has 13 heavy (non-hydrogen) atoms. The molecule has 78 valence electrons. The summed E-state index contributed by atoms with van der Waals surface area (Å²) >= 11 is 0. The molecule has 0 heterocycles. The molecule has 0 aromatic carbocycles. The van der Waals surface area contributed by atoms with Gasteiger partial charge in [-0.05, 0) is 0 Å². The number of alkyl halides is 3. The van der Waals surface area contributed by atoms with E-state index in [9.17, 15) is 18.0 Å². The summed E-state index contributed by atoms with van der Waals surface area (Å²) in [6, 6.07) is -0.775. The molecule has 0 aliphatic heterocycles. The second-order valence-electron chi connectivity index (χ2n) is 2.48. The third-order valence-corrected chi connectivity index (χ3v) is 1.25. The maximum absolute atomic E-state index is 11.6. The average Bonchev–Trinajstić information content (AvgIpc) is 1.99. The zero-order valence-electron chi connectivity index (χ0n) is 7.19. The number of nitrogens with two attached hydrogens (primary N) is 1. The smallest absolute Gasteiger partial charge is 0.329 e. The Morgan fingerprint density at radius 1 is 1.54 bits per heavy atom. The molecule has 0 aromatic heterocycles. The van der Waals surface area contributed by atoms with Crippen LogP contribution in [0.3, 0.4) is 0 Å². The van der Waals surface area contributed by atoms with Crippen LogP contribution in [0.5, 0.6) is 0 Å². The molecule has 0 fully saturated rings. The van der Waals surface area contributed by atoms with Crippen LogP contribution in [0.15, 0.2) is 0 Å². The Labute approximate surface area is 73.9 Å². The summed E-state index contributed by atoms with van der Waals surface area (Å²) < 4.78 is 34.8. The Balaban J connectivity index is 3.74. The molecule has 0 aliphatic carbocycles. The van der Waals surface area contributed by atoms with Gasteiger partial charge in [-0.2, -0.15) is 13.2 Å². The molecule has 0 aromatic rings. The fraction of sp³-hybridized carbons (Fsp3) is 0.833. The molecule has 7 heteroatoms. The van der Waals surface area contributed by atoms with Crippen LogP contribution in [0.1, 0.15) is 0 Å². The van der Waals surface area contributed by atoms with E-state index in [4.69, 9.17) is 5.73 Å². The number of hydrogen-bond donors (Lipinski definition) is 2. The predicted octanol–water partition coefficient (Wildman–Crippen LogP) is 0.149. The first-order valence-electron chi connectivity index (χ1n) is 3.62. The van der Waals surface area contributed by atoms with Crippen LogP contribution in [0.4, 0.5) is 18.0 Å². The molecular weight excluding hydrogens is 187 g/mol. The first kappa shape index (κ1) is 12.0. The lowest BCUT2D eigenvalue weighted by Gasteiger charge is -2.17. The van der Waals surface area contributed by atoms with E-state index in [-0.39, 0.29) is 13.1 Å². The summed E-state index contributed by atoms with van der Waals surface area (Å²) in [5.41, 5.74) is 5.11. The third kappa shape index (κ3) is 6.21. The minimum absolute atomic E-state index is 0.218. The molecule has 0 saturated carbocycles. The zero-order valence-corrected chi connectivity index (χ0v) is 7.19. The lowest BCUT2D eigenvalue weighted by molar-refractivity contribution is -0.123. The fourth-order valence-corrected chi connectivity index (χ4v) is 0.606. The van der Waals surface area contributed by atoms with E-state index in [1.807, 2.05) is 0 Å². The van der Waals surface area contributed by atoms with Gasteiger partial charge in [0.15, 0.2) is 0 Å². The van der Waals surface area contributed by atoms with Crippen LogP contribution in [0.25, 0.3) is 0 Å². The van der Waals surface area contributed by atoms with Crippen molar-refractivity contribution < 1.29 is 18.0 Å². The molecule has 0 saturated heterocycles. The summed E-state index contributed by atoms with van der Waals surface area (Å²) in [7, 11) is 1.37. The zero-order chi connectivity index (χ0) is 10.5. The number of amides is 2. The van der Waals surface area contributed by atoms with E-state index in [1.54, 1.807) is 5.32 Å². The van der Waals surface area contributed by atoms with E-state index < -0.39 is 18.8 Å². The molecular formula is C6H12F3N3O. The highest BCUT2D eigenvalue weighted by atomic mass is 19.4. The van der Waals surface area contributed by atoms with Crippen molar-refractivity contribution in [3.63, 3.8) is 0 Å². The predicted molar refractivity (Wildman–Crippen MR) is 41.1 cm³/mol. The van der Waals surface area contributed by atoms with Gasteiger partial charge in [-0.15, -0.1) is 0 Å². The van der Waals surface area contributed by atoms with Crippen molar-refractivity contribution in [3.8, 4) is 0 Å². The molecule has 4 nitrogen and oxygen atoms in total. The average molecular weight is 199 g/mol.